The lowest BCUT2D eigenvalue weighted by atomic mass is 10.0. The number of ether oxygens (including phenoxy) is 1. The number of nitrogens with zero attached hydrogens (tertiary/aromatic N) is 3. The van der Waals surface area contributed by atoms with Crippen LogP contribution in [0.3, 0.4) is 0 Å². The molecule has 0 saturated carbocycles. The van der Waals surface area contributed by atoms with Crippen LogP contribution < -0.4 is 11.1 Å². The quantitative estimate of drug-likeness (QED) is 0.563. The van der Waals surface area contributed by atoms with Gasteiger partial charge in [-0.3, -0.25) is 9.78 Å². The summed E-state index contributed by atoms with van der Waals surface area (Å²) in [6, 6.07) is 7.49. The highest BCUT2D eigenvalue weighted by Crippen LogP contribution is 2.30. The minimum atomic E-state index is -0.488. The molecule has 4 rings (SSSR count). The average Bonchev–Trinajstić information content (AvgIpc) is 2.69. The van der Waals surface area contributed by atoms with E-state index in [1.54, 1.807) is 24.5 Å². The van der Waals surface area contributed by atoms with Gasteiger partial charge in [0.1, 0.15) is 0 Å². The van der Waals surface area contributed by atoms with Crippen LogP contribution in [-0.4, -0.2) is 40.1 Å². The van der Waals surface area contributed by atoms with Crippen molar-refractivity contribution in [2.24, 2.45) is 5.73 Å². The van der Waals surface area contributed by atoms with Gasteiger partial charge in [-0.1, -0.05) is 18.2 Å². The van der Waals surface area contributed by atoms with Crippen molar-refractivity contribution in [3.05, 3.63) is 45.8 Å². The van der Waals surface area contributed by atoms with Gasteiger partial charge >= 0.3 is 0 Å². The summed E-state index contributed by atoms with van der Waals surface area (Å²) in [6.45, 7) is 1.50. The number of primary amides is 1. The number of benzene rings is 1. The number of nitrogens with two attached hydrogens (primary N) is 1. The van der Waals surface area contributed by atoms with Gasteiger partial charge in [0, 0.05) is 48.2 Å². The summed E-state index contributed by atoms with van der Waals surface area (Å²) in [7, 11) is 0. The molecule has 1 aromatic carbocycles. The molecular formula is C19H18IN5O2. The minimum absolute atomic E-state index is 0.311. The maximum atomic E-state index is 11.8. The Morgan fingerprint density at radius 3 is 2.74 bits per heavy atom. The van der Waals surface area contributed by atoms with Gasteiger partial charge in [0.05, 0.1) is 14.8 Å². The van der Waals surface area contributed by atoms with Crippen molar-refractivity contribution in [1.29, 1.82) is 0 Å². The summed E-state index contributed by atoms with van der Waals surface area (Å²) in [5.74, 6) is 0.102. The first-order chi connectivity index (χ1) is 13.1. The van der Waals surface area contributed by atoms with Crippen LogP contribution in [0, 0.1) is 3.57 Å². The van der Waals surface area contributed by atoms with Crippen LogP contribution in [0.1, 0.15) is 23.2 Å². The third kappa shape index (κ3) is 3.72. The van der Waals surface area contributed by atoms with E-state index >= 15 is 0 Å². The number of fused-ring (bicyclic) bond motifs is 1. The van der Waals surface area contributed by atoms with E-state index in [4.69, 9.17) is 15.5 Å². The molecule has 0 radical (unpaired) electrons. The number of amides is 1. The number of rotatable bonds is 4. The highest BCUT2D eigenvalue weighted by Gasteiger charge is 2.18. The van der Waals surface area contributed by atoms with E-state index < -0.39 is 5.91 Å². The average molecular weight is 475 g/mol. The van der Waals surface area contributed by atoms with E-state index in [1.807, 2.05) is 12.1 Å². The molecule has 0 atom stereocenters. The lowest BCUT2D eigenvalue weighted by Crippen LogP contribution is -2.28. The summed E-state index contributed by atoms with van der Waals surface area (Å²) in [4.78, 5) is 25.5. The largest absolute Gasteiger partial charge is 0.381 e. The predicted molar refractivity (Wildman–Crippen MR) is 111 cm³/mol. The highest BCUT2D eigenvalue weighted by atomic mass is 127. The topological polar surface area (TPSA) is 103 Å². The Balaban J connectivity index is 1.78. The molecule has 0 spiro atoms. The molecule has 1 fully saturated rings. The SMILES string of the molecule is NC(=O)c1ccccc1-c1ncc(I)c2nc(NC3CCOCC3)ncc12. The second-order valence-electron chi connectivity index (χ2n) is 6.35. The molecule has 3 N–H and O–H groups in total. The monoisotopic (exact) mass is 475 g/mol. The zero-order valence-electron chi connectivity index (χ0n) is 14.5. The summed E-state index contributed by atoms with van der Waals surface area (Å²) < 4.78 is 6.31. The fraction of sp³-hybridized carbons (Fsp3) is 0.263. The van der Waals surface area contributed by atoms with E-state index in [2.05, 4.69) is 37.9 Å². The molecule has 2 aromatic heterocycles. The molecule has 1 aliphatic rings. The van der Waals surface area contributed by atoms with Gasteiger partial charge in [-0.2, -0.15) is 0 Å². The number of halogens is 1. The van der Waals surface area contributed by atoms with E-state index in [9.17, 15) is 4.79 Å². The van der Waals surface area contributed by atoms with Crippen LogP contribution in [0.25, 0.3) is 22.2 Å². The first-order valence-electron chi connectivity index (χ1n) is 8.68. The highest BCUT2D eigenvalue weighted by molar-refractivity contribution is 14.1. The molecular weight excluding hydrogens is 457 g/mol. The lowest BCUT2D eigenvalue weighted by molar-refractivity contribution is 0.0903. The summed E-state index contributed by atoms with van der Waals surface area (Å²) in [5, 5.41) is 4.17. The van der Waals surface area contributed by atoms with Crippen LogP contribution >= 0.6 is 22.6 Å². The van der Waals surface area contributed by atoms with Gasteiger partial charge < -0.3 is 15.8 Å². The fourth-order valence-corrected chi connectivity index (χ4v) is 3.75. The molecule has 3 heterocycles. The maximum Gasteiger partial charge on any atom is 0.249 e. The van der Waals surface area contributed by atoms with Gasteiger partial charge in [0.25, 0.3) is 0 Å². The first-order valence-corrected chi connectivity index (χ1v) is 9.76. The number of carbonyl (C=O) groups excluding carboxylic acids is 1. The van der Waals surface area contributed by atoms with E-state index in [0.717, 1.165) is 40.5 Å². The van der Waals surface area contributed by atoms with Crippen molar-refractivity contribution in [3.8, 4) is 11.3 Å². The lowest BCUT2D eigenvalue weighted by Gasteiger charge is -2.23. The zero-order chi connectivity index (χ0) is 18.8. The number of aromatic nitrogens is 3. The molecule has 1 aliphatic heterocycles. The van der Waals surface area contributed by atoms with E-state index in [1.165, 1.54) is 0 Å². The molecule has 0 unspecified atom stereocenters. The van der Waals surface area contributed by atoms with Gasteiger partial charge in [-0.25, -0.2) is 9.97 Å². The van der Waals surface area contributed by atoms with Crippen LogP contribution in [0.15, 0.2) is 36.7 Å². The molecule has 1 amide bonds. The number of hydrogen-bond acceptors (Lipinski definition) is 6. The Morgan fingerprint density at radius 2 is 1.96 bits per heavy atom. The summed E-state index contributed by atoms with van der Waals surface area (Å²) >= 11 is 2.21. The van der Waals surface area contributed by atoms with E-state index in [0.29, 0.717) is 28.8 Å². The molecule has 138 valence electrons. The van der Waals surface area contributed by atoms with Crippen LogP contribution in [-0.2, 0) is 4.74 Å². The standard InChI is InChI=1S/C19H18IN5O2/c20-15-10-22-16(12-3-1-2-4-13(12)18(21)26)14-9-23-19(25-17(14)15)24-11-5-7-27-8-6-11/h1-4,9-11H,5-8H2,(H2,21,26)(H,23,24,25). The Morgan fingerprint density at radius 1 is 1.19 bits per heavy atom. The van der Waals surface area contributed by atoms with Crippen molar-refractivity contribution >= 4 is 45.3 Å². The van der Waals surface area contributed by atoms with Crippen molar-refractivity contribution in [2.75, 3.05) is 18.5 Å². The van der Waals surface area contributed by atoms with Crippen molar-refractivity contribution in [3.63, 3.8) is 0 Å². The maximum absolute atomic E-state index is 11.8. The fourth-order valence-electron chi connectivity index (χ4n) is 3.20. The Hall–Kier alpha value is -2.33. The second-order valence-corrected chi connectivity index (χ2v) is 7.51. The Bertz CT molecular complexity index is 1000. The van der Waals surface area contributed by atoms with Gasteiger partial charge in [0.2, 0.25) is 11.9 Å². The van der Waals surface area contributed by atoms with Gasteiger partial charge in [-0.15, -0.1) is 0 Å². The van der Waals surface area contributed by atoms with Gasteiger partial charge in [-0.05, 0) is 41.5 Å². The smallest absolute Gasteiger partial charge is 0.249 e. The number of pyridine rings is 1. The third-order valence-corrected chi connectivity index (χ3v) is 5.37. The minimum Gasteiger partial charge on any atom is -0.381 e. The summed E-state index contributed by atoms with van der Waals surface area (Å²) in [5.41, 5.74) is 8.09. The van der Waals surface area contributed by atoms with Crippen LogP contribution in [0.2, 0.25) is 0 Å². The van der Waals surface area contributed by atoms with Gasteiger partial charge in [0.15, 0.2) is 0 Å². The van der Waals surface area contributed by atoms with Crippen molar-refractivity contribution < 1.29 is 9.53 Å². The zero-order valence-corrected chi connectivity index (χ0v) is 16.6. The molecule has 8 heteroatoms. The van der Waals surface area contributed by atoms with Crippen LogP contribution in [0.4, 0.5) is 5.95 Å². The number of anilines is 1. The Kier molecular flexibility index (Phi) is 5.17. The molecule has 7 nitrogen and oxygen atoms in total. The molecule has 0 aliphatic carbocycles. The summed E-state index contributed by atoms with van der Waals surface area (Å²) in [6.07, 6.45) is 5.38. The second kappa shape index (κ2) is 7.73. The first kappa shape index (κ1) is 18.1. The van der Waals surface area contributed by atoms with Crippen molar-refractivity contribution in [1.82, 2.24) is 15.0 Å². The predicted octanol–water partition coefficient (Wildman–Crippen LogP) is 2.99. The Labute approximate surface area is 169 Å². The molecule has 1 saturated heterocycles. The number of nitrogens with one attached hydrogen (secondary N) is 1. The number of carbonyl (C=O) groups is 1. The number of hydrogen-bond donors (Lipinski definition) is 2. The van der Waals surface area contributed by atoms with E-state index in [-0.39, 0.29) is 0 Å². The van der Waals surface area contributed by atoms with Crippen molar-refractivity contribution in [2.45, 2.75) is 18.9 Å². The normalized spacial score (nSPS) is 15.0. The molecule has 3 aromatic rings. The third-order valence-electron chi connectivity index (χ3n) is 4.58. The molecule has 0 bridgehead atoms. The molecule has 27 heavy (non-hydrogen) atoms. The van der Waals surface area contributed by atoms with Crippen LogP contribution in [0.5, 0.6) is 0 Å².